The van der Waals surface area contributed by atoms with E-state index >= 15 is 0 Å². The summed E-state index contributed by atoms with van der Waals surface area (Å²) in [6, 6.07) is 9.14. The van der Waals surface area contributed by atoms with E-state index in [1.165, 1.54) is 11.8 Å². The van der Waals surface area contributed by atoms with Gasteiger partial charge in [-0.3, -0.25) is 9.59 Å². The second-order valence-electron chi connectivity index (χ2n) is 3.27. The molecule has 1 amide bonds. The Bertz CT molecular complexity index is 351. The van der Waals surface area contributed by atoms with Crippen LogP contribution in [-0.2, 0) is 9.59 Å². The number of hydrogen-bond donors (Lipinski definition) is 1. The van der Waals surface area contributed by atoms with Crippen molar-refractivity contribution in [2.45, 2.75) is 13.3 Å². The number of benzene rings is 1. The second kappa shape index (κ2) is 7.06. The van der Waals surface area contributed by atoms with Crippen LogP contribution in [0.15, 0.2) is 30.3 Å². The monoisotopic (exact) mass is 237 g/mol. The van der Waals surface area contributed by atoms with E-state index in [4.69, 9.17) is 0 Å². The van der Waals surface area contributed by atoms with Crippen molar-refractivity contribution >= 4 is 29.1 Å². The largest absolute Gasteiger partial charge is 0.326 e. The van der Waals surface area contributed by atoms with Crippen molar-refractivity contribution in [3.63, 3.8) is 0 Å². The van der Waals surface area contributed by atoms with Crippen LogP contribution in [0.4, 0.5) is 5.69 Å². The number of anilines is 1. The van der Waals surface area contributed by atoms with Crippen molar-refractivity contribution < 1.29 is 9.59 Å². The lowest BCUT2D eigenvalue weighted by atomic mass is 10.2. The van der Waals surface area contributed by atoms with Gasteiger partial charge in [-0.05, 0) is 17.9 Å². The third-order valence-electron chi connectivity index (χ3n) is 1.88. The fourth-order valence-corrected chi connectivity index (χ4v) is 1.71. The lowest BCUT2D eigenvalue weighted by Gasteiger charge is -2.03. The maximum Gasteiger partial charge on any atom is 0.231 e. The first kappa shape index (κ1) is 12.8. The van der Waals surface area contributed by atoms with Crippen LogP contribution in [0.5, 0.6) is 0 Å². The molecule has 0 aromatic heterocycles. The van der Waals surface area contributed by atoms with E-state index in [1.54, 1.807) is 12.1 Å². The van der Waals surface area contributed by atoms with Gasteiger partial charge < -0.3 is 5.32 Å². The number of nitrogens with one attached hydrogen (secondary N) is 1. The Morgan fingerprint density at radius 2 is 1.94 bits per heavy atom. The normalized spacial score (nSPS) is 9.81. The molecule has 86 valence electrons. The molecule has 0 radical (unpaired) electrons. The van der Waals surface area contributed by atoms with Crippen LogP contribution in [0, 0.1) is 0 Å². The number of carbonyl (C=O) groups excluding carboxylic acids is 2. The number of Topliss-reactive ketones (excluding diaryl/α,β-unsaturated/α-hetero) is 1. The zero-order valence-corrected chi connectivity index (χ0v) is 10.0. The molecule has 0 aliphatic heterocycles. The van der Waals surface area contributed by atoms with E-state index in [0.717, 1.165) is 11.4 Å². The maximum absolute atomic E-state index is 11.4. The summed E-state index contributed by atoms with van der Waals surface area (Å²) < 4.78 is 0. The fraction of sp³-hybridized carbons (Fsp3) is 0.333. The molecule has 1 aromatic rings. The van der Waals surface area contributed by atoms with Crippen molar-refractivity contribution in [2.75, 3.05) is 16.8 Å². The summed E-state index contributed by atoms with van der Waals surface area (Å²) in [5.74, 6) is 1.04. The first-order valence-electron chi connectivity index (χ1n) is 5.16. The summed E-state index contributed by atoms with van der Waals surface area (Å²) >= 11 is 1.53. The van der Waals surface area contributed by atoms with Gasteiger partial charge in [0.2, 0.25) is 5.91 Å². The predicted octanol–water partition coefficient (Wildman–Crippen LogP) is 2.34. The molecular weight excluding hydrogens is 222 g/mol. The van der Waals surface area contributed by atoms with Gasteiger partial charge in [-0.15, -0.1) is 0 Å². The molecule has 0 unspecified atom stereocenters. The average molecular weight is 237 g/mol. The van der Waals surface area contributed by atoms with Crippen LogP contribution in [0.2, 0.25) is 0 Å². The summed E-state index contributed by atoms with van der Waals surface area (Å²) in [4.78, 5) is 22.8. The number of ketones is 1. The molecule has 16 heavy (non-hydrogen) atoms. The number of carbonyl (C=O) groups is 2. The Hall–Kier alpha value is -1.29. The Labute approximate surface area is 99.6 Å². The molecule has 0 atom stereocenters. The van der Waals surface area contributed by atoms with Crippen molar-refractivity contribution in [3.8, 4) is 0 Å². The van der Waals surface area contributed by atoms with Gasteiger partial charge in [0, 0.05) is 5.69 Å². The number of para-hydroxylation sites is 1. The molecule has 0 fully saturated rings. The van der Waals surface area contributed by atoms with Gasteiger partial charge >= 0.3 is 0 Å². The molecule has 0 saturated carbocycles. The number of amides is 1. The molecular formula is C12H15NO2S. The van der Waals surface area contributed by atoms with Gasteiger partial charge in [-0.1, -0.05) is 25.1 Å². The number of hydrogen-bond acceptors (Lipinski definition) is 3. The Morgan fingerprint density at radius 1 is 1.25 bits per heavy atom. The molecule has 0 heterocycles. The summed E-state index contributed by atoms with van der Waals surface area (Å²) in [6.45, 7) is 1.99. The van der Waals surface area contributed by atoms with Crippen LogP contribution >= 0.6 is 11.8 Å². The molecule has 1 rings (SSSR count). The van der Waals surface area contributed by atoms with Crippen LogP contribution in [0.25, 0.3) is 0 Å². The highest BCUT2D eigenvalue weighted by molar-refractivity contribution is 7.99. The van der Waals surface area contributed by atoms with Crippen molar-refractivity contribution in [3.05, 3.63) is 30.3 Å². The SMILES string of the molecule is CCSCC(=O)CC(=O)Nc1ccccc1. The minimum Gasteiger partial charge on any atom is -0.326 e. The molecule has 0 bridgehead atoms. The molecule has 0 saturated heterocycles. The standard InChI is InChI=1S/C12H15NO2S/c1-2-16-9-11(14)8-12(15)13-10-6-4-3-5-7-10/h3-7H,2,8-9H2,1H3,(H,13,15). The fourth-order valence-electron chi connectivity index (χ4n) is 1.17. The van der Waals surface area contributed by atoms with E-state index < -0.39 is 0 Å². The molecule has 0 aliphatic rings. The van der Waals surface area contributed by atoms with Crippen LogP contribution in [0.3, 0.4) is 0 Å². The third-order valence-corrected chi connectivity index (χ3v) is 2.82. The van der Waals surface area contributed by atoms with Crippen molar-refractivity contribution in [2.24, 2.45) is 0 Å². The van der Waals surface area contributed by atoms with Gasteiger partial charge in [0.15, 0.2) is 5.78 Å². The Morgan fingerprint density at radius 3 is 2.56 bits per heavy atom. The highest BCUT2D eigenvalue weighted by atomic mass is 32.2. The van der Waals surface area contributed by atoms with E-state index in [9.17, 15) is 9.59 Å². The first-order chi connectivity index (χ1) is 7.72. The summed E-state index contributed by atoms with van der Waals surface area (Å²) in [6.07, 6.45) is -0.0398. The number of thioether (sulfide) groups is 1. The van der Waals surface area contributed by atoms with Crippen LogP contribution < -0.4 is 5.32 Å². The minimum absolute atomic E-state index is 0.0275. The topological polar surface area (TPSA) is 46.2 Å². The van der Waals surface area contributed by atoms with Gasteiger partial charge in [-0.2, -0.15) is 11.8 Å². The average Bonchev–Trinajstić information content (AvgIpc) is 2.27. The van der Waals surface area contributed by atoms with Gasteiger partial charge in [0.25, 0.3) is 0 Å². The first-order valence-corrected chi connectivity index (χ1v) is 6.32. The lowest BCUT2D eigenvalue weighted by molar-refractivity contribution is -0.123. The lowest BCUT2D eigenvalue weighted by Crippen LogP contribution is -2.17. The molecule has 1 N–H and O–H groups in total. The smallest absolute Gasteiger partial charge is 0.231 e. The summed E-state index contributed by atoms with van der Waals surface area (Å²) in [5, 5.41) is 2.68. The summed E-state index contributed by atoms with van der Waals surface area (Å²) in [5.41, 5.74) is 0.725. The number of rotatable bonds is 6. The quantitative estimate of drug-likeness (QED) is 0.772. The second-order valence-corrected chi connectivity index (χ2v) is 4.54. The van der Waals surface area contributed by atoms with Crippen molar-refractivity contribution in [1.29, 1.82) is 0 Å². The maximum atomic E-state index is 11.4. The molecule has 0 spiro atoms. The zero-order chi connectivity index (χ0) is 11.8. The zero-order valence-electron chi connectivity index (χ0n) is 9.23. The van der Waals surface area contributed by atoms with Crippen LogP contribution in [-0.4, -0.2) is 23.2 Å². The van der Waals surface area contributed by atoms with E-state index in [1.807, 2.05) is 25.1 Å². The molecule has 1 aromatic carbocycles. The highest BCUT2D eigenvalue weighted by Gasteiger charge is 2.08. The molecule has 0 aliphatic carbocycles. The van der Waals surface area contributed by atoms with Gasteiger partial charge in [-0.25, -0.2) is 0 Å². The molecule has 4 heteroatoms. The van der Waals surface area contributed by atoms with Crippen LogP contribution in [0.1, 0.15) is 13.3 Å². The van der Waals surface area contributed by atoms with E-state index in [2.05, 4.69) is 5.32 Å². The molecule has 3 nitrogen and oxygen atoms in total. The van der Waals surface area contributed by atoms with E-state index in [0.29, 0.717) is 5.75 Å². The third kappa shape index (κ3) is 4.98. The van der Waals surface area contributed by atoms with Gasteiger partial charge in [0.05, 0.1) is 12.2 Å². The minimum atomic E-state index is -0.243. The van der Waals surface area contributed by atoms with E-state index in [-0.39, 0.29) is 18.1 Å². The van der Waals surface area contributed by atoms with Gasteiger partial charge in [0.1, 0.15) is 0 Å². The Balaban J connectivity index is 2.34. The predicted molar refractivity (Wildman–Crippen MR) is 67.7 cm³/mol. The van der Waals surface area contributed by atoms with Crippen molar-refractivity contribution in [1.82, 2.24) is 0 Å². The Kier molecular flexibility index (Phi) is 5.64. The highest BCUT2D eigenvalue weighted by Crippen LogP contribution is 2.06. The summed E-state index contributed by atoms with van der Waals surface area (Å²) in [7, 11) is 0.